The van der Waals surface area contributed by atoms with Crippen molar-refractivity contribution in [2.75, 3.05) is 11.9 Å². The van der Waals surface area contributed by atoms with Gasteiger partial charge in [-0.25, -0.2) is 9.97 Å². The third-order valence-corrected chi connectivity index (χ3v) is 2.83. The van der Waals surface area contributed by atoms with Crippen molar-refractivity contribution in [1.82, 2.24) is 19.7 Å². The van der Waals surface area contributed by atoms with Gasteiger partial charge in [0.25, 0.3) is 0 Å². The van der Waals surface area contributed by atoms with Crippen LogP contribution in [-0.2, 0) is 5.54 Å². The fraction of sp³-hybridized carbons (Fsp3) is 0.417. The topological polar surface area (TPSA) is 55.6 Å². The Morgan fingerprint density at radius 1 is 1.39 bits per heavy atom. The van der Waals surface area contributed by atoms with Crippen LogP contribution < -0.4 is 5.32 Å². The number of aryl methyl sites for hydroxylation is 1. The molecule has 6 heteroatoms. The third kappa shape index (κ3) is 2.98. The minimum absolute atomic E-state index is 0.144. The van der Waals surface area contributed by atoms with E-state index in [1.54, 1.807) is 12.3 Å². The zero-order valence-electron chi connectivity index (χ0n) is 10.7. The van der Waals surface area contributed by atoms with Crippen molar-refractivity contribution in [1.29, 1.82) is 0 Å². The quantitative estimate of drug-likeness (QED) is 0.863. The summed E-state index contributed by atoms with van der Waals surface area (Å²) in [5.74, 6) is 1.38. The molecule has 0 amide bonds. The van der Waals surface area contributed by atoms with Gasteiger partial charge in [-0.05, 0) is 26.8 Å². The molecule has 0 aromatic carbocycles. The van der Waals surface area contributed by atoms with Crippen LogP contribution in [0.3, 0.4) is 0 Å². The minimum atomic E-state index is -0.144. The number of aromatic nitrogens is 4. The molecule has 0 saturated carbocycles. The lowest BCUT2D eigenvalue weighted by atomic mass is 10.1. The number of anilines is 1. The summed E-state index contributed by atoms with van der Waals surface area (Å²) in [5.41, 5.74) is -0.144. The third-order valence-electron chi connectivity index (χ3n) is 2.63. The fourth-order valence-corrected chi connectivity index (χ4v) is 1.86. The molecule has 5 nitrogen and oxygen atoms in total. The van der Waals surface area contributed by atoms with Crippen LogP contribution in [0.15, 0.2) is 24.5 Å². The highest BCUT2D eigenvalue weighted by atomic mass is 35.5. The van der Waals surface area contributed by atoms with E-state index in [0.29, 0.717) is 17.5 Å². The first-order chi connectivity index (χ1) is 8.47. The van der Waals surface area contributed by atoms with Gasteiger partial charge in [0.15, 0.2) is 0 Å². The van der Waals surface area contributed by atoms with Gasteiger partial charge in [-0.1, -0.05) is 11.6 Å². The van der Waals surface area contributed by atoms with Crippen LogP contribution in [0.2, 0.25) is 5.15 Å². The molecule has 2 aromatic heterocycles. The summed E-state index contributed by atoms with van der Waals surface area (Å²) >= 11 is 5.89. The van der Waals surface area contributed by atoms with Crippen LogP contribution in [0.4, 0.5) is 5.82 Å². The first-order valence-electron chi connectivity index (χ1n) is 5.72. The normalized spacial score (nSPS) is 11.6. The maximum Gasteiger partial charge on any atom is 0.134 e. The Morgan fingerprint density at radius 3 is 2.78 bits per heavy atom. The Hall–Kier alpha value is -1.62. The van der Waals surface area contributed by atoms with E-state index in [2.05, 4.69) is 34.2 Å². The molecular weight excluding hydrogens is 250 g/mol. The van der Waals surface area contributed by atoms with E-state index in [1.165, 1.54) is 0 Å². The predicted octanol–water partition coefficient (Wildman–Crippen LogP) is 2.48. The number of nitrogens with zero attached hydrogens (tertiary/aromatic N) is 4. The van der Waals surface area contributed by atoms with Crippen molar-refractivity contribution in [2.45, 2.75) is 26.3 Å². The fourth-order valence-electron chi connectivity index (χ4n) is 1.64. The van der Waals surface area contributed by atoms with E-state index in [9.17, 15) is 0 Å². The lowest BCUT2D eigenvalue weighted by Crippen LogP contribution is -2.35. The van der Waals surface area contributed by atoms with Crippen LogP contribution >= 0.6 is 11.6 Å². The van der Waals surface area contributed by atoms with Gasteiger partial charge in [0.1, 0.15) is 16.8 Å². The first kappa shape index (κ1) is 12.8. The van der Waals surface area contributed by atoms with Gasteiger partial charge in [-0.3, -0.25) is 4.68 Å². The molecule has 2 heterocycles. The maximum atomic E-state index is 5.89. The molecular formula is C12H16ClN5. The van der Waals surface area contributed by atoms with Gasteiger partial charge < -0.3 is 5.32 Å². The highest BCUT2D eigenvalue weighted by molar-refractivity contribution is 6.29. The molecule has 2 rings (SSSR count). The molecule has 0 radical (unpaired) electrons. The smallest absolute Gasteiger partial charge is 0.134 e. The average molecular weight is 266 g/mol. The van der Waals surface area contributed by atoms with Gasteiger partial charge in [0.05, 0.1) is 5.54 Å². The molecule has 0 unspecified atom stereocenters. The second-order valence-electron chi connectivity index (χ2n) is 4.74. The van der Waals surface area contributed by atoms with Gasteiger partial charge in [-0.2, -0.15) is 5.10 Å². The molecule has 0 atom stereocenters. The first-order valence-corrected chi connectivity index (χ1v) is 6.10. The highest BCUT2D eigenvalue weighted by Gasteiger charge is 2.20. The van der Waals surface area contributed by atoms with Crippen molar-refractivity contribution >= 4 is 17.4 Å². The Morgan fingerprint density at radius 2 is 2.17 bits per heavy atom. The average Bonchev–Trinajstić information content (AvgIpc) is 2.79. The van der Waals surface area contributed by atoms with Crippen molar-refractivity contribution in [2.24, 2.45) is 0 Å². The zero-order valence-corrected chi connectivity index (χ0v) is 11.4. The number of rotatable bonds is 4. The second kappa shape index (κ2) is 4.94. The van der Waals surface area contributed by atoms with Gasteiger partial charge in [0, 0.05) is 25.0 Å². The number of hydrogen-bond acceptors (Lipinski definition) is 4. The van der Waals surface area contributed by atoms with E-state index in [1.807, 2.05) is 23.9 Å². The van der Waals surface area contributed by atoms with E-state index in [0.717, 1.165) is 5.82 Å². The maximum absolute atomic E-state index is 5.89. The Balaban J connectivity index is 2.07. The van der Waals surface area contributed by atoms with Crippen molar-refractivity contribution in [3.8, 4) is 0 Å². The van der Waals surface area contributed by atoms with Crippen LogP contribution in [0, 0.1) is 6.92 Å². The Kier molecular flexibility index (Phi) is 3.52. The predicted molar refractivity (Wildman–Crippen MR) is 71.8 cm³/mol. The minimum Gasteiger partial charge on any atom is -0.368 e. The molecule has 0 spiro atoms. The summed E-state index contributed by atoms with van der Waals surface area (Å²) in [7, 11) is 0. The molecule has 18 heavy (non-hydrogen) atoms. The zero-order chi connectivity index (χ0) is 13.2. The highest BCUT2D eigenvalue weighted by Crippen LogP contribution is 2.16. The molecule has 0 aliphatic rings. The monoisotopic (exact) mass is 265 g/mol. The molecule has 1 N–H and O–H groups in total. The standard InChI is InChI=1S/C12H16ClN5/c1-9-16-10(13)7-11(17-9)14-8-12(2,3)18-6-4-5-15-18/h4-7H,8H2,1-3H3,(H,14,16,17). The number of nitrogens with one attached hydrogen (secondary N) is 1. The summed E-state index contributed by atoms with van der Waals surface area (Å²) in [6.45, 7) is 6.71. The summed E-state index contributed by atoms with van der Waals surface area (Å²) in [5, 5.41) is 7.96. The summed E-state index contributed by atoms with van der Waals surface area (Å²) in [6, 6.07) is 3.63. The van der Waals surface area contributed by atoms with Crippen LogP contribution in [0.5, 0.6) is 0 Å². The Labute approximate surface area is 111 Å². The lowest BCUT2D eigenvalue weighted by molar-refractivity contribution is 0.339. The van der Waals surface area contributed by atoms with Crippen molar-refractivity contribution in [3.63, 3.8) is 0 Å². The van der Waals surface area contributed by atoms with E-state index < -0.39 is 0 Å². The van der Waals surface area contributed by atoms with Crippen molar-refractivity contribution in [3.05, 3.63) is 35.5 Å². The molecule has 0 bridgehead atoms. The molecule has 0 aliphatic carbocycles. The Bertz CT molecular complexity index is 501. The van der Waals surface area contributed by atoms with E-state index in [4.69, 9.17) is 11.6 Å². The van der Waals surface area contributed by atoms with Gasteiger partial charge in [-0.15, -0.1) is 0 Å². The summed E-state index contributed by atoms with van der Waals surface area (Å²) in [4.78, 5) is 8.31. The molecule has 2 aromatic rings. The van der Waals surface area contributed by atoms with Crippen molar-refractivity contribution < 1.29 is 0 Å². The van der Waals surface area contributed by atoms with E-state index >= 15 is 0 Å². The second-order valence-corrected chi connectivity index (χ2v) is 5.13. The number of halogens is 1. The van der Waals surface area contributed by atoms with Crippen LogP contribution in [0.1, 0.15) is 19.7 Å². The largest absolute Gasteiger partial charge is 0.368 e. The molecule has 0 saturated heterocycles. The number of hydrogen-bond donors (Lipinski definition) is 1. The summed E-state index contributed by atoms with van der Waals surface area (Å²) in [6.07, 6.45) is 3.72. The molecule has 0 fully saturated rings. The van der Waals surface area contributed by atoms with Crippen LogP contribution in [0.25, 0.3) is 0 Å². The van der Waals surface area contributed by atoms with Gasteiger partial charge >= 0.3 is 0 Å². The van der Waals surface area contributed by atoms with Crippen LogP contribution in [-0.4, -0.2) is 26.3 Å². The molecule has 96 valence electrons. The van der Waals surface area contributed by atoms with Gasteiger partial charge in [0.2, 0.25) is 0 Å². The lowest BCUT2D eigenvalue weighted by Gasteiger charge is -2.26. The molecule has 0 aliphatic heterocycles. The summed E-state index contributed by atoms with van der Waals surface area (Å²) < 4.78 is 1.91. The SMILES string of the molecule is Cc1nc(Cl)cc(NCC(C)(C)n2cccn2)n1. The van der Waals surface area contributed by atoms with E-state index in [-0.39, 0.29) is 5.54 Å².